The van der Waals surface area contributed by atoms with Gasteiger partial charge in [0, 0.05) is 38.9 Å². The number of pyridine rings is 1. The molecule has 13 aromatic carbocycles. The minimum atomic E-state index is 0.481. The summed E-state index contributed by atoms with van der Waals surface area (Å²) in [5.41, 5.74) is 17.4. The van der Waals surface area contributed by atoms with Crippen LogP contribution in [-0.4, -0.2) is 10.7 Å². The van der Waals surface area contributed by atoms with E-state index < -0.39 is 0 Å². The van der Waals surface area contributed by atoms with E-state index in [1.54, 1.807) is 6.07 Å². The average molecular weight is 1150 g/mol. The molecular weight excluding hydrogens is 1100 g/mol. The molecule has 6 nitrogen and oxygen atoms in total. The number of aliphatic imine (C=N–C) groups is 1. The predicted molar refractivity (Wildman–Crippen MR) is 376 cm³/mol. The Balaban J connectivity index is 0.790. The van der Waals surface area contributed by atoms with Crippen LogP contribution in [0.4, 0.5) is 0 Å². The van der Waals surface area contributed by atoms with Gasteiger partial charge in [-0.3, -0.25) is 4.99 Å². The summed E-state index contributed by atoms with van der Waals surface area (Å²) in [7, 11) is 0. The van der Waals surface area contributed by atoms with Crippen LogP contribution in [0.1, 0.15) is 40.4 Å². The summed E-state index contributed by atoms with van der Waals surface area (Å²) in [6, 6.07) is 83.5. The topological polar surface area (TPSA) is 99.1 Å². The fraction of sp³-hybridized carbons (Fsp3) is 0.0238. The second kappa shape index (κ2) is 21.3. The van der Waals surface area contributed by atoms with Gasteiger partial charge in [0.1, 0.15) is 22.3 Å². The van der Waals surface area contributed by atoms with Crippen molar-refractivity contribution in [1.82, 2.24) is 4.98 Å². The first-order valence-electron chi connectivity index (χ1n) is 30.0. The Hall–Kier alpha value is -12.2. The number of hydrogen-bond acceptors (Lipinski definition) is 6. The van der Waals surface area contributed by atoms with Gasteiger partial charge in [-0.2, -0.15) is 10.5 Å². The minimum Gasteiger partial charge on any atom is -0.456 e. The lowest BCUT2D eigenvalue weighted by Gasteiger charge is -2.18. The molecule has 0 fully saturated rings. The van der Waals surface area contributed by atoms with Crippen molar-refractivity contribution in [3.63, 3.8) is 0 Å². The predicted octanol–water partition coefficient (Wildman–Crippen LogP) is 22.8. The Morgan fingerprint density at radius 3 is 1.66 bits per heavy atom. The molecular formula is C84H52N4O2. The van der Waals surface area contributed by atoms with Gasteiger partial charge in [-0.1, -0.05) is 159 Å². The fourth-order valence-corrected chi connectivity index (χ4v) is 13.7. The number of rotatable bonds is 10. The molecule has 420 valence electrons. The number of hydrogen-bond donors (Lipinski definition) is 0. The largest absolute Gasteiger partial charge is 0.456 e. The lowest BCUT2D eigenvalue weighted by atomic mass is 9.86. The summed E-state index contributed by atoms with van der Waals surface area (Å²) in [6.45, 7) is 12.3. The van der Waals surface area contributed by atoms with E-state index in [1.165, 1.54) is 55.0 Å². The van der Waals surface area contributed by atoms with Crippen LogP contribution in [0.5, 0.6) is 0 Å². The maximum Gasteiger partial charge on any atom is 0.144 e. The number of fused-ring (bicyclic) bond motifs is 15. The van der Waals surface area contributed by atoms with Crippen LogP contribution < -0.4 is 0 Å². The van der Waals surface area contributed by atoms with Crippen molar-refractivity contribution in [3.8, 4) is 56.8 Å². The van der Waals surface area contributed by atoms with Gasteiger partial charge in [-0.25, -0.2) is 4.98 Å². The Morgan fingerprint density at radius 1 is 0.456 bits per heavy atom. The van der Waals surface area contributed by atoms with Gasteiger partial charge < -0.3 is 8.83 Å². The maximum atomic E-state index is 10.7. The molecule has 0 spiro atoms. The van der Waals surface area contributed by atoms with Crippen LogP contribution in [0.2, 0.25) is 0 Å². The molecule has 0 aliphatic rings. The molecule has 0 amide bonds. The first-order valence-corrected chi connectivity index (χ1v) is 30.0. The van der Waals surface area contributed by atoms with Crippen molar-refractivity contribution in [2.45, 2.75) is 13.8 Å². The highest BCUT2D eigenvalue weighted by molar-refractivity contribution is 6.26. The van der Waals surface area contributed by atoms with Gasteiger partial charge in [-0.15, -0.1) is 0 Å². The standard InChI is InChI=1S/C84H52N4O2/c1-5-7-19-58-50(4)65(56-31-34-82-74(41-56)73-37-51(47-85)28-33-81(73)89-82)43-69-63-24-14-15-25-64(63)72(46-68(58)69)79-27-16-26-78(88-79)49(3)36-80(87-6-2)77-39-52(48-86)38-76-75-42-57(32-35-83(75)90-84(76)77)67-45-71-61-22-12-10-20-59(61)66(44-70(71)62-23-13-11-21-60(62)67)55-30-29-53-17-8-9-18-54(53)40-55/h5-46H,1-2H2,3-4H3/b19-7-,49-36+,87-80?. The van der Waals surface area contributed by atoms with E-state index in [2.05, 4.69) is 214 Å². The van der Waals surface area contributed by atoms with Gasteiger partial charge in [0.15, 0.2) is 0 Å². The highest BCUT2D eigenvalue weighted by atomic mass is 16.3. The molecule has 3 aromatic heterocycles. The number of aromatic nitrogens is 1. The molecule has 0 saturated heterocycles. The molecule has 0 atom stereocenters. The quantitative estimate of drug-likeness (QED) is 0.0772. The molecule has 0 aliphatic carbocycles. The molecule has 16 rings (SSSR count). The Morgan fingerprint density at radius 2 is 0.989 bits per heavy atom. The van der Waals surface area contributed by atoms with Gasteiger partial charge in [-0.05, 0) is 232 Å². The van der Waals surface area contributed by atoms with E-state index in [0.717, 1.165) is 116 Å². The number of nitrogens with zero attached hydrogens (tertiary/aromatic N) is 4. The van der Waals surface area contributed by atoms with E-state index >= 15 is 0 Å². The smallest absolute Gasteiger partial charge is 0.144 e. The third-order valence-electron chi connectivity index (χ3n) is 18.0. The summed E-state index contributed by atoms with van der Waals surface area (Å²) in [5, 5.41) is 37.9. The summed E-state index contributed by atoms with van der Waals surface area (Å²) in [5.74, 6) is 0. The molecule has 0 aliphatic heterocycles. The van der Waals surface area contributed by atoms with E-state index in [0.29, 0.717) is 33.6 Å². The molecule has 0 radical (unpaired) electrons. The normalized spacial score (nSPS) is 12.3. The van der Waals surface area contributed by atoms with Gasteiger partial charge >= 0.3 is 0 Å². The molecule has 0 unspecified atom stereocenters. The highest BCUT2D eigenvalue weighted by Crippen LogP contribution is 2.46. The van der Waals surface area contributed by atoms with Crippen LogP contribution in [0.25, 0.3) is 165 Å². The van der Waals surface area contributed by atoms with Gasteiger partial charge in [0.05, 0.1) is 40.4 Å². The molecule has 3 heterocycles. The van der Waals surface area contributed by atoms with Gasteiger partial charge in [0.2, 0.25) is 0 Å². The monoisotopic (exact) mass is 1150 g/mol. The van der Waals surface area contributed by atoms with Crippen molar-refractivity contribution in [1.29, 1.82) is 10.5 Å². The zero-order chi connectivity index (χ0) is 60.7. The van der Waals surface area contributed by atoms with Crippen molar-refractivity contribution >= 4 is 126 Å². The molecule has 0 N–H and O–H groups in total. The zero-order valence-corrected chi connectivity index (χ0v) is 49.3. The highest BCUT2D eigenvalue weighted by Gasteiger charge is 2.22. The van der Waals surface area contributed by atoms with Crippen molar-refractivity contribution < 1.29 is 8.83 Å². The zero-order valence-electron chi connectivity index (χ0n) is 49.3. The van der Waals surface area contributed by atoms with Crippen LogP contribution in [0, 0.1) is 29.6 Å². The van der Waals surface area contributed by atoms with E-state index in [-0.39, 0.29) is 0 Å². The molecule has 6 heteroatoms. The Bertz CT molecular complexity index is 6010. The summed E-state index contributed by atoms with van der Waals surface area (Å²) < 4.78 is 13.1. The van der Waals surface area contributed by atoms with Crippen LogP contribution in [-0.2, 0) is 0 Å². The summed E-state index contributed by atoms with van der Waals surface area (Å²) >= 11 is 0. The van der Waals surface area contributed by atoms with Crippen LogP contribution in [0.15, 0.2) is 276 Å². The molecule has 0 bridgehead atoms. The van der Waals surface area contributed by atoms with E-state index in [4.69, 9.17) is 18.8 Å². The third kappa shape index (κ3) is 8.69. The third-order valence-corrected chi connectivity index (χ3v) is 18.0. The van der Waals surface area contributed by atoms with Gasteiger partial charge in [0.25, 0.3) is 0 Å². The van der Waals surface area contributed by atoms with Crippen molar-refractivity contribution in [3.05, 3.63) is 296 Å². The second-order valence-electron chi connectivity index (χ2n) is 23.1. The fourth-order valence-electron chi connectivity index (χ4n) is 13.7. The second-order valence-corrected chi connectivity index (χ2v) is 23.1. The number of nitriles is 2. The SMILES string of the molecule is C=C/C=C\c1c(C)c(-c2ccc3oc4ccc(C#N)cc4c3c2)cc2c1cc(-c1cccc(/C(C)=C/C(=NC=C)c3cc(C#N)cc4c3oc3ccc(-c5cc6c7ccccc7c(-c7ccc8ccccc8c7)cc6c6ccccc56)cc34)n1)c1ccccc12. The molecule has 16 aromatic rings. The molecule has 90 heavy (non-hydrogen) atoms. The number of furan rings is 2. The summed E-state index contributed by atoms with van der Waals surface area (Å²) in [6.07, 6.45) is 9.48. The first-order chi connectivity index (χ1) is 44.2. The Labute approximate surface area is 518 Å². The van der Waals surface area contributed by atoms with Crippen molar-refractivity contribution in [2.75, 3.05) is 0 Å². The summed E-state index contributed by atoms with van der Waals surface area (Å²) in [4.78, 5) is 10.3. The number of allylic oxidation sites excluding steroid dienone is 4. The van der Waals surface area contributed by atoms with E-state index in [1.807, 2.05) is 67.6 Å². The lowest BCUT2D eigenvalue weighted by molar-refractivity contribution is 0.668. The maximum absolute atomic E-state index is 10.7. The minimum absolute atomic E-state index is 0.481. The first kappa shape index (κ1) is 53.3. The number of benzene rings is 13. The van der Waals surface area contributed by atoms with Crippen molar-refractivity contribution in [2.24, 2.45) is 4.99 Å². The Kier molecular flexibility index (Phi) is 12.6. The van der Waals surface area contributed by atoms with Crippen LogP contribution in [0.3, 0.4) is 0 Å². The average Bonchev–Trinajstić information content (AvgIpc) is 1.01. The van der Waals surface area contributed by atoms with E-state index in [9.17, 15) is 10.5 Å². The molecule has 0 saturated carbocycles. The van der Waals surface area contributed by atoms with Crippen LogP contribution >= 0.6 is 0 Å². The lowest BCUT2D eigenvalue weighted by Crippen LogP contribution is -2.00.